The fourth-order valence-corrected chi connectivity index (χ4v) is 4.01. The molecule has 17 heavy (non-hydrogen) atoms. The molecule has 0 spiro atoms. The Kier molecular flexibility index (Phi) is 4.48. The number of hydrogen-bond acceptors (Lipinski definition) is 2. The Morgan fingerprint density at radius 2 is 1.88 bits per heavy atom. The largest absolute Gasteiger partial charge is 0.329 e. The van der Waals surface area contributed by atoms with E-state index < -0.39 is 0 Å². The first-order valence-corrected chi connectivity index (χ1v) is 7.57. The zero-order valence-electron chi connectivity index (χ0n) is 11.8. The minimum Gasteiger partial charge on any atom is -0.329 e. The van der Waals surface area contributed by atoms with Crippen LogP contribution >= 0.6 is 0 Å². The zero-order chi connectivity index (χ0) is 12.3. The smallest absolute Gasteiger partial charge is 0.0331 e. The molecule has 0 aromatic carbocycles. The summed E-state index contributed by atoms with van der Waals surface area (Å²) < 4.78 is 0. The Hall–Kier alpha value is -0.0800. The highest BCUT2D eigenvalue weighted by molar-refractivity contribution is 4.97. The van der Waals surface area contributed by atoms with E-state index in [0.29, 0.717) is 5.54 Å². The molecule has 2 unspecified atom stereocenters. The van der Waals surface area contributed by atoms with Crippen LogP contribution in [0, 0.1) is 11.8 Å². The van der Waals surface area contributed by atoms with E-state index >= 15 is 0 Å². The third-order valence-corrected chi connectivity index (χ3v) is 5.28. The standard InChI is InChI=1S/C15H30N2/c1-13-8-9-15(10-13,12-16)17(2)11-14-6-4-3-5-7-14/h13-14H,3-12,16H2,1-2H3. The number of likely N-dealkylation sites (N-methyl/N-ethyl adjacent to an activating group) is 1. The van der Waals surface area contributed by atoms with Gasteiger partial charge in [0.05, 0.1) is 0 Å². The van der Waals surface area contributed by atoms with Gasteiger partial charge in [-0.3, -0.25) is 4.90 Å². The Bertz CT molecular complexity index is 235. The molecule has 0 aliphatic heterocycles. The Balaban J connectivity index is 1.90. The summed E-state index contributed by atoms with van der Waals surface area (Å²) in [7, 11) is 2.32. The van der Waals surface area contributed by atoms with Crippen LogP contribution < -0.4 is 5.73 Å². The second-order valence-electron chi connectivity index (χ2n) is 6.66. The summed E-state index contributed by atoms with van der Waals surface area (Å²) in [6.07, 6.45) is 11.2. The van der Waals surface area contributed by atoms with Crippen molar-refractivity contribution in [1.29, 1.82) is 0 Å². The quantitative estimate of drug-likeness (QED) is 0.816. The summed E-state index contributed by atoms with van der Waals surface area (Å²) in [5.41, 5.74) is 6.43. The van der Waals surface area contributed by atoms with Crippen LogP contribution in [0.2, 0.25) is 0 Å². The molecule has 2 atom stereocenters. The molecule has 2 fully saturated rings. The Labute approximate surface area is 107 Å². The molecule has 0 saturated heterocycles. The van der Waals surface area contributed by atoms with Gasteiger partial charge in [-0.05, 0) is 51.0 Å². The van der Waals surface area contributed by atoms with Crippen LogP contribution in [-0.4, -0.2) is 30.6 Å². The van der Waals surface area contributed by atoms with E-state index in [4.69, 9.17) is 5.73 Å². The lowest BCUT2D eigenvalue weighted by molar-refractivity contribution is 0.0973. The molecule has 2 rings (SSSR count). The van der Waals surface area contributed by atoms with Gasteiger partial charge in [-0.2, -0.15) is 0 Å². The van der Waals surface area contributed by atoms with Crippen LogP contribution in [0.3, 0.4) is 0 Å². The van der Waals surface area contributed by atoms with Gasteiger partial charge in [0.1, 0.15) is 0 Å². The first kappa shape index (κ1) is 13.4. The molecule has 0 aromatic rings. The molecular weight excluding hydrogens is 208 g/mol. The van der Waals surface area contributed by atoms with E-state index in [9.17, 15) is 0 Å². The average molecular weight is 238 g/mol. The number of nitrogens with zero attached hydrogens (tertiary/aromatic N) is 1. The van der Waals surface area contributed by atoms with Gasteiger partial charge in [-0.25, -0.2) is 0 Å². The van der Waals surface area contributed by atoms with Crippen molar-refractivity contribution in [1.82, 2.24) is 4.90 Å². The fraction of sp³-hybridized carbons (Fsp3) is 1.00. The van der Waals surface area contributed by atoms with Crippen molar-refractivity contribution in [2.45, 2.75) is 63.8 Å². The van der Waals surface area contributed by atoms with Gasteiger partial charge in [0.15, 0.2) is 0 Å². The van der Waals surface area contributed by atoms with Gasteiger partial charge in [0, 0.05) is 18.6 Å². The van der Waals surface area contributed by atoms with Crippen molar-refractivity contribution in [3.63, 3.8) is 0 Å². The van der Waals surface area contributed by atoms with Gasteiger partial charge < -0.3 is 5.73 Å². The molecule has 2 N–H and O–H groups in total. The topological polar surface area (TPSA) is 29.3 Å². The van der Waals surface area contributed by atoms with E-state index in [1.807, 2.05) is 0 Å². The monoisotopic (exact) mass is 238 g/mol. The summed E-state index contributed by atoms with van der Waals surface area (Å²) in [6, 6.07) is 0. The third-order valence-electron chi connectivity index (χ3n) is 5.28. The van der Waals surface area contributed by atoms with E-state index in [-0.39, 0.29) is 0 Å². The highest BCUT2D eigenvalue weighted by Gasteiger charge is 2.40. The van der Waals surface area contributed by atoms with Crippen molar-refractivity contribution < 1.29 is 0 Å². The van der Waals surface area contributed by atoms with Crippen LogP contribution in [0.25, 0.3) is 0 Å². The molecule has 2 aliphatic carbocycles. The summed E-state index contributed by atoms with van der Waals surface area (Å²) in [4.78, 5) is 2.62. The van der Waals surface area contributed by atoms with Crippen molar-refractivity contribution in [3.8, 4) is 0 Å². The molecule has 2 nitrogen and oxygen atoms in total. The van der Waals surface area contributed by atoms with Crippen molar-refractivity contribution in [2.24, 2.45) is 17.6 Å². The predicted octanol–water partition coefficient (Wildman–Crippen LogP) is 3.02. The normalized spacial score (nSPS) is 35.6. The summed E-state index contributed by atoms with van der Waals surface area (Å²) in [6.45, 7) is 4.51. The van der Waals surface area contributed by atoms with E-state index in [1.165, 1.54) is 57.9 Å². The second kappa shape index (κ2) is 5.71. The fourth-order valence-electron chi connectivity index (χ4n) is 4.01. The summed E-state index contributed by atoms with van der Waals surface area (Å²) in [5.74, 6) is 1.81. The van der Waals surface area contributed by atoms with Gasteiger partial charge in [0.2, 0.25) is 0 Å². The molecule has 100 valence electrons. The van der Waals surface area contributed by atoms with Crippen LogP contribution in [0.1, 0.15) is 58.3 Å². The number of hydrogen-bond donors (Lipinski definition) is 1. The number of rotatable bonds is 4. The van der Waals surface area contributed by atoms with Crippen molar-refractivity contribution in [2.75, 3.05) is 20.1 Å². The van der Waals surface area contributed by atoms with E-state index in [2.05, 4.69) is 18.9 Å². The lowest BCUT2D eigenvalue weighted by atomic mass is 9.86. The maximum absolute atomic E-state index is 6.10. The van der Waals surface area contributed by atoms with Crippen molar-refractivity contribution in [3.05, 3.63) is 0 Å². The molecule has 0 amide bonds. The first-order chi connectivity index (χ1) is 8.16. The van der Waals surface area contributed by atoms with Crippen LogP contribution in [0.15, 0.2) is 0 Å². The molecule has 0 bridgehead atoms. The maximum Gasteiger partial charge on any atom is 0.0331 e. The molecular formula is C15H30N2. The molecule has 0 aromatic heterocycles. The Morgan fingerprint density at radius 3 is 2.41 bits per heavy atom. The highest BCUT2D eigenvalue weighted by atomic mass is 15.2. The number of nitrogens with two attached hydrogens (primary N) is 1. The van der Waals surface area contributed by atoms with Crippen LogP contribution in [0.5, 0.6) is 0 Å². The average Bonchev–Trinajstić information content (AvgIpc) is 2.73. The van der Waals surface area contributed by atoms with E-state index in [1.54, 1.807) is 0 Å². The van der Waals surface area contributed by atoms with Gasteiger partial charge >= 0.3 is 0 Å². The first-order valence-electron chi connectivity index (χ1n) is 7.57. The molecule has 0 heterocycles. The van der Waals surface area contributed by atoms with Crippen LogP contribution in [0.4, 0.5) is 0 Å². The minimum absolute atomic E-state index is 0.330. The van der Waals surface area contributed by atoms with E-state index in [0.717, 1.165) is 18.4 Å². The lowest BCUT2D eigenvalue weighted by Crippen LogP contribution is -2.51. The van der Waals surface area contributed by atoms with Crippen molar-refractivity contribution >= 4 is 0 Å². The highest BCUT2D eigenvalue weighted by Crippen LogP contribution is 2.38. The summed E-state index contributed by atoms with van der Waals surface area (Å²) in [5, 5.41) is 0. The summed E-state index contributed by atoms with van der Waals surface area (Å²) >= 11 is 0. The molecule has 2 heteroatoms. The molecule has 2 aliphatic rings. The zero-order valence-corrected chi connectivity index (χ0v) is 11.8. The van der Waals surface area contributed by atoms with Gasteiger partial charge in [0.25, 0.3) is 0 Å². The molecule has 0 radical (unpaired) electrons. The minimum atomic E-state index is 0.330. The Morgan fingerprint density at radius 1 is 1.18 bits per heavy atom. The van der Waals surface area contributed by atoms with Crippen LogP contribution in [-0.2, 0) is 0 Å². The van der Waals surface area contributed by atoms with Gasteiger partial charge in [-0.15, -0.1) is 0 Å². The lowest BCUT2D eigenvalue weighted by Gasteiger charge is -2.41. The predicted molar refractivity (Wildman–Crippen MR) is 74.0 cm³/mol. The van der Waals surface area contributed by atoms with Gasteiger partial charge in [-0.1, -0.05) is 26.2 Å². The third kappa shape index (κ3) is 3.03. The SMILES string of the molecule is CC1CCC(CN)(N(C)CC2CCCCC2)C1. The molecule has 2 saturated carbocycles. The second-order valence-corrected chi connectivity index (χ2v) is 6.66. The maximum atomic E-state index is 6.10.